The summed E-state index contributed by atoms with van der Waals surface area (Å²) in [5.74, 6) is -8.48. The van der Waals surface area contributed by atoms with Gasteiger partial charge in [-0.25, -0.2) is 4.79 Å². The van der Waals surface area contributed by atoms with Crippen LogP contribution in [-0.2, 0) is 33.6 Å². The van der Waals surface area contributed by atoms with E-state index in [1.54, 1.807) is 13.8 Å². The number of amides is 4. The van der Waals surface area contributed by atoms with Gasteiger partial charge in [0.15, 0.2) is 0 Å². The van der Waals surface area contributed by atoms with Gasteiger partial charge in [-0.2, -0.15) is 0 Å². The third kappa shape index (κ3) is 13.8. The fourth-order valence-electron chi connectivity index (χ4n) is 3.34. The summed E-state index contributed by atoms with van der Waals surface area (Å²) >= 11 is 0. The summed E-state index contributed by atoms with van der Waals surface area (Å²) in [7, 11) is 0. The van der Waals surface area contributed by atoms with Gasteiger partial charge in [0, 0.05) is 6.42 Å². The van der Waals surface area contributed by atoms with E-state index >= 15 is 0 Å². The zero-order chi connectivity index (χ0) is 31.0. The van der Waals surface area contributed by atoms with Crippen molar-refractivity contribution in [3.8, 4) is 0 Å². The van der Waals surface area contributed by atoms with E-state index in [1.807, 2.05) is 0 Å². The highest BCUT2D eigenvalue weighted by molar-refractivity contribution is 5.96. The first kappa shape index (κ1) is 36.2. The molecule has 0 rings (SSSR count). The van der Waals surface area contributed by atoms with Crippen molar-refractivity contribution in [1.29, 1.82) is 0 Å². The zero-order valence-corrected chi connectivity index (χ0v) is 22.4. The number of rotatable bonds is 20. The van der Waals surface area contributed by atoms with Crippen molar-refractivity contribution in [3.63, 3.8) is 0 Å². The molecule has 0 fully saturated rings. The maximum Gasteiger partial charge on any atom is 0.326 e. The van der Waals surface area contributed by atoms with Gasteiger partial charge in [0.05, 0.1) is 19.1 Å². The van der Waals surface area contributed by atoms with Crippen LogP contribution in [0, 0.1) is 5.92 Å². The molecule has 0 saturated heterocycles. The smallest absolute Gasteiger partial charge is 0.326 e. The van der Waals surface area contributed by atoms with Gasteiger partial charge < -0.3 is 53.2 Å². The second-order valence-electron chi connectivity index (χ2n) is 9.36. The lowest BCUT2D eigenvalue weighted by Crippen LogP contribution is -2.60. The van der Waals surface area contributed by atoms with Crippen LogP contribution in [0.3, 0.4) is 0 Å². The minimum atomic E-state index is -1.75. The molecule has 0 aromatic rings. The lowest BCUT2D eigenvalue weighted by Gasteiger charge is -2.27. The van der Waals surface area contributed by atoms with Crippen LogP contribution in [0.25, 0.3) is 0 Å². The first-order valence-electron chi connectivity index (χ1n) is 12.6. The number of carbonyl (C=O) groups is 7. The summed E-state index contributed by atoms with van der Waals surface area (Å²) in [5, 5.41) is 45.5. The van der Waals surface area contributed by atoms with Crippen LogP contribution in [0.5, 0.6) is 0 Å². The average Bonchev–Trinajstić information content (AvgIpc) is 2.86. The topological polar surface area (TPSA) is 301 Å². The molecule has 0 aliphatic heterocycles. The molecular weight excluding hydrogens is 536 g/mol. The Labute approximate surface area is 230 Å². The number of carboxylic acid groups (broad SMARTS) is 3. The lowest BCUT2D eigenvalue weighted by atomic mass is 10.0. The summed E-state index contributed by atoms with van der Waals surface area (Å²) in [5.41, 5.74) is 11.1. The first-order chi connectivity index (χ1) is 18.6. The van der Waals surface area contributed by atoms with Gasteiger partial charge >= 0.3 is 17.9 Å². The second-order valence-corrected chi connectivity index (χ2v) is 9.36. The van der Waals surface area contributed by atoms with Gasteiger partial charge in [0.1, 0.15) is 24.2 Å². The molecule has 228 valence electrons. The highest BCUT2D eigenvalue weighted by Crippen LogP contribution is 2.08. The Morgan fingerprint density at radius 2 is 1.25 bits per heavy atom. The van der Waals surface area contributed by atoms with Crippen LogP contribution >= 0.6 is 0 Å². The predicted octanol–water partition coefficient (Wildman–Crippen LogP) is -3.55. The molecule has 0 saturated carbocycles. The maximum absolute atomic E-state index is 13.1. The van der Waals surface area contributed by atoms with E-state index in [1.165, 1.54) is 0 Å². The van der Waals surface area contributed by atoms with Crippen LogP contribution in [0.4, 0.5) is 0 Å². The van der Waals surface area contributed by atoms with Crippen molar-refractivity contribution in [3.05, 3.63) is 0 Å². The Morgan fingerprint density at radius 3 is 1.73 bits per heavy atom. The third-order valence-corrected chi connectivity index (χ3v) is 5.64. The number of aliphatic carboxylic acids is 3. The molecule has 5 atom stereocenters. The van der Waals surface area contributed by atoms with Gasteiger partial charge in [0.2, 0.25) is 23.6 Å². The fraction of sp³-hybridized carbons (Fsp3) is 0.696. The zero-order valence-electron chi connectivity index (χ0n) is 22.4. The Bertz CT molecular complexity index is 914. The Kier molecular flexibility index (Phi) is 16.7. The van der Waals surface area contributed by atoms with E-state index in [0.29, 0.717) is 12.8 Å². The molecule has 17 nitrogen and oxygen atoms in total. The summed E-state index contributed by atoms with van der Waals surface area (Å²) in [6, 6.07) is -7.14. The average molecular weight is 577 g/mol. The molecule has 12 N–H and O–H groups in total. The summed E-state index contributed by atoms with van der Waals surface area (Å²) in [6.07, 6.45) is -0.639. The van der Waals surface area contributed by atoms with E-state index < -0.39 is 97.1 Å². The SMILES string of the molecule is CC(C)[C@H](NC(=O)[C@H](CCCCN)NC(=O)[C@H](CO)NC(=O)[C@@H](N)CCC(=O)O)C(=O)N[C@@H](CC(=O)O)C(=O)O. The Morgan fingerprint density at radius 1 is 0.700 bits per heavy atom. The number of carboxylic acids is 3. The molecule has 0 radical (unpaired) electrons. The number of aliphatic hydroxyl groups excluding tert-OH is 1. The van der Waals surface area contributed by atoms with E-state index in [-0.39, 0.29) is 19.4 Å². The molecule has 0 bridgehead atoms. The molecule has 4 amide bonds. The quantitative estimate of drug-likeness (QED) is 0.0629. The third-order valence-electron chi connectivity index (χ3n) is 5.64. The van der Waals surface area contributed by atoms with Crippen molar-refractivity contribution in [2.24, 2.45) is 17.4 Å². The van der Waals surface area contributed by atoms with Gasteiger partial charge in [-0.15, -0.1) is 0 Å². The molecule has 0 aliphatic carbocycles. The van der Waals surface area contributed by atoms with Gasteiger partial charge in [-0.05, 0) is 38.1 Å². The minimum absolute atomic E-state index is 0.0438. The van der Waals surface area contributed by atoms with Crippen LogP contribution in [-0.4, -0.2) is 105 Å². The summed E-state index contributed by atoms with van der Waals surface area (Å²) in [6.45, 7) is 2.50. The number of carbonyl (C=O) groups excluding carboxylic acids is 4. The summed E-state index contributed by atoms with van der Waals surface area (Å²) < 4.78 is 0. The largest absolute Gasteiger partial charge is 0.481 e. The van der Waals surface area contributed by atoms with Crippen molar-refractivity contribution in [1.82, 2.24) is 21.3 Å². The van der Waals surface area contributed by atoms with Crippen molar-refractivity contribution < 1.29 is 54.0 Å². The molecular formula is C23H40N6O11. The molecule has 0 heterocycles. The van der Waals surface area contributed by atoms with Crippen LogP contribution in [0.15, 0.2) is 0 Å². The molecule has 0 aromatic carbocycles. The fourth-order valence-corrected chi connectivity index (χ4v) is 3.34. The highest BCUT2D eigenvalue weighted by Gasteiger charge is 2.33. The van der Waals surface area contributed by atoms with Gasteiger partial charge in [-0.1, -0.05) is 13.8 Å². The number of nitrogens with two attached hydrogens (primary N) is 2. The van der Waals surface area contributed by atoms with Crippen LogP contribution < -0.4 is 32.7 Å². The molecule has 17 heteroatoms. The molecule has 0 aromatic heterocycles. The highest BCUT2D eigenvalue weighted by atomic mass is 16.4. The minimum Gasteiger partial charge on any atom is -0.481 e. The number of hydrogen-bond acceptors (Lipinski definition) is 10. The van der Waals surface area contributed by atoms with E-state index in [0.717, 1.165) is 0 Å². The standard InChI is InChI=1S/C23H40N6O11/c1-11(2)18(22(38)27-14(23(39)40)9-17(33)34)29-20(36)13(5-3-4-8-24)26-21(37)15(10-30)28-19(35)12(25)6-7-16(31)32/h11-15,18,30H,3-10,24-25H2,1-2H3,(H,26,37)(H,27,38)(H,28,35)(H,29,36)(H,31,32)(H,33,34)(H,39,40)/t12-,13-,14-,15-,18-/m0/s1. The molecule has 40 heavy (non-hydrogen) atoms. The van der Waals surface area contributed by atoms with Crippen molar-refractivity contribution >= 4 is 41.5 Å². The van der Waals surface area contributed by atoms with Crippen molar-refractivity contribution in [2.45, 2.75) is 82.6 Å². The monoisotopic (exact) mass is 576 g/mol. The van der Waals surface area contributed by atoms with Crippen LogP contribution in [0.1, 0.15) is 52.4 Å². The Balaban J connectivity index is 5.61. The predicted molar refractivity (Wildman–Crippen MR) is 137 cm³/mol. The van der Waals surface area contributed by atoms with Gasteiger partial charge in [0.25, 0.3) is 0 Å². The number of hydrogen-bond donors (Lipinski definition) is 10. The summed E-state index contributed by atoms with van der Waals surface area (Å²) in [4.78, 5) is 83.8. The van der Waals surface area contributed by atoms with Gasteiger partial charge in [-0.3, -0.25) is 28.8 Å². The number of unbranched alkanes of at least 4 members (excludes halogenated alkanes) is 1. The normalized spacial score (nSPS) is 14.7. The lowest BCUT2D eigenvalue weighted by molar-refractivity contribution is -0.147. The van der Waals surface area contributed by atoms with E-state index in [4.69, 9.17) is 21.7 Å². The van der Waals surface area contributed by atoms with E-state index in [2.05, 4.69) is 21.3 Å². The van der Waals surface area contributed by atoms with E-state index in [9.17, 15) is 43.8 Å². The van der Waals surface area contributed by atoms with Crippen molar-refractivity contribution in [2.75, 3.05) is 13.2 Å². The molecule has 0 unspecified atom stereocenters. The molecule has 0 aliphatic rings. The molecule has 0 spiro atoms. The number of aliphatic hydroxyl groups is 1. The Hall–Kier alpha value is -3.83. The van der Waals surface area contributed by atoms with Crippen LogP contribution in [0.2, 0.25) is 0 Å². The maximum atomic E-state index is 13.1. The second kappa shape index (κ2) is 18.5. The first-order valence-corrected chi connectivity index (χ1v) is 12.6. The number of nitrogens with one attached hydrogen (secondary N) is 4.